The summed E-state index contributed by atoms with van der Waals surface area (Å²) in [5.41, 5.74) is 11.3. The van der Waals surface area contributed by atoms with E-state index in [1.807, 2.05) is 132 Å². The van der Waals surface area contributed by atoms with E-state index in [1.165, 1.54) is 24.3 Å². The van der Waals surface area contributed by atoms with Crippen LogP contribution in [0.2, 0.25) is 0 Å². The Morgan fingerprint density at radius 2 is 0.750 bits per heavy atom. The fourth-order valence-corrected chi connectivity index (χ4v) is 11.0. The second-order valence-electron chi connectivity index (χ2n) is 19.0. The van der Waals surface area contributed by atoms with Crippen LogP contribution in [0.3, 0.4) is 0 Å². The van der Waals surface area contributed by atoms with Gasteiger partial charge in [0.1, 0.15) is 0 Å². The maximum Gasteiger partial charge on any atom is 0.417 e. The first-order valence-corrected chi connectivity index (χ1v) is 24.4. The highest BCUT2D eigenvalue weighted by atomic mass is 19.4. The number of hydrogen-bond donors (Lipinski definition) is 0. The predicted molar refractivity (Wildman–Crippen MR) is 293 cm³/mol. The van der Waals surface area contributed by atoms with Crippen LogP contribution in [-0.4, -0.2) is 9.13 Å². The molecule has 0 saturated heterocycles. The molecule has 0 N–H and O–H groups in total. The first-order valence-electron chi connectivity index (χ1n) is 24.4. The average molecular weight is 1000 g/mol. The molecule has 0 unspecified atom stereocenters. The number of alkyl halides is 6. The number of rotatable bonds is 7. The van der Waals surface area contributed by atoms with Crippen molar-refractivity contribution >= 4 is 49.3 Å². The van der Waals surface area contributed by atoms with Crippen LogP contribution < -0.4 is 0 Å². The number of aromatic nitrogens is 2. The SMILES string of the molecule is [C-]#[N+]c1ccc(-n2c3ccc(-c4ccccc4C)cc3c3cc(-c4ccccc4C(F)(F)F)ccc32)cc1-c1cc(-n2c3ccc(-c4ccccc4C)cc3c3cc(-c4ccccc4C(F)(F)F)ccc32)ccc1C#N. The van der Waals surface area contributed by atoms with Crippen LogP contribution in [0.5, 0.6) is 0 Å². The molecule has 0 aliphatic rings. The van der Waals surface area contributed by atoms with E-state index in [9.17, 15) is 31.6 Å². The van der Waals surface area contributed by atoms with Gasteiger partial charge in [-0.1, -0.05) is 115 Å². The standard InChI is InChI=1S/C66H40F6N4/c1-39-12-4-6-14-48(39)41-21-28-61-54(32-41)56-34-43(50-16-8-10-18-58(50)65(67,68)69)23-30-63(56)75(61)46-25-20-45(38-73)52(36-46)53-37-47(26-27-60(53)74-3)76-62-29-22-42(49-15-7-5-13-40(49)2)33-55(62)57-35-44(24-31-64(57)76)51-17-9-11-19-59(51)66(70,71)72/h4-37H,1-2H3. The molecule has 0 spiro atoms. The van der Waals surface area contributed by atoms with Crippen LogP contribution in [-0.2, 0) is 12.4 Å². The number of aryl methyl sites for hydroxylation is 2. The molecule has 0 radical (unpaired) electrons. The molecule has 0 amide bonds. The van der Waals surface area contributed by atoms with Crippen molar-refractivity contribution in [2.75, 3.05) is 0 Å². The van der Waals surface area contributed by atoms with Crippen molar-refractivity contribution in [2.45, 2.75) is 26.2 Å². The summed E-state index contributed by atoms with van der Waals surface area (Å²) in [5.74, 6) is 0. The molecular formula is C66H40F6N4. The van der Waals surface area contributed by atoms with E-state index in [4.69, 9.17) is 6.57 Å². The van der Waals surface area contributed by atoms with Crippen LogP contribution in [0, 0.1) is 31.8 Å². The molecule has 366 valence electrons. The summed E-state index contributed by atoms with van der Waals surface area (Å²) in [5, 5.41) is 13.8. The maximum atomic E-state index is 14.5. The molecule has 4 nitrogen and oxygen atoms in total. The molecule has 12 aromatic rings. The van der Waals surface area contributed by atoms with E-state index in [-0.39, 0.29) is 16.8 Å². The van der Waals surface area contributed by atoms with Gasteiger partial charge in [0.05, 0.1) is 51.4 Å². The molecule has 0 aliphatic carbocycles. The van der Waals surface area contributed by atoms with Crippen LogP contribution in [0.1, 0.15) is 27.8 Å². The smallest absolute Gasteiger partial charge is 0.309 e. The van der Waals surface area contributed by atoms with E-state index in [2.05, 4.69) is 23.0 Å². The minimum Gasteiger partial charge on any atom is -0.309 e. The third kappa shape index (κ3) is 7.94. The van der Waals surface area contributed by atoms with E-state index in [0.717, 1.165) is 78.1 Å². The molecule has 2 heterocycles. The molecule has 10 aromatic carbocycles. The van der Waals surface area contributed by atoms with Crippen molar-refractivity contribution < 1.29 is 26.3 Å². The largest absolute Gasteiger partial charge is 0.417 e. The highest BCUT2D eigenvalue weighted by molar-refractivity contribution is 6.13. The van der Waals surface area contributed by atoms with Crippen LogP contribution >= 0.6 is 0 Å². The van der Waals surface area contributed by atoms with Gasteiger partial charge in [-0.2, -0.15) is 31.6 Å². The zero-order valence-electron chi connectivity index (χ0n) is 40.7. The molecule has 0 bridgehead atoms. The Morgan fingerprint density at radius 1 is 0.395 bits per heavy atom. The van der Waals surface area contributed by atoms with Gasteiger partial charge < -0.3 is 9.13 Å². The second kappa shape index (κ2) is 18.1. The van der Waals surface area contributed by atoms with Crippen molar-refractivity contribution in [1.29, 1.82) is 5.26 Å². The Morgan fingerprint density at radius 3 is 1.13 bits per heavy atom. The highest BCUT2D eigenvalue weighted by Crippen LogP contribution is 2.45. The zero-order chi connectivity index (χ0) is 52.6. The normalized spacial score (nSPS) is 11.9. The summed E-state index contributed by atoms with van der Waals surface area (Å²) in [6.07, 6.45) is -9.17. The van der Waals surface area contributed by atoms with Gasteiger partial charge in [0, 0.05) is 32.9 Å². The predicted octanol–water partition coefficient (Wildman–Crippen LogP) is 19.3. The van der Waals surface area contributed by atoms with Gasteiger partial charge in [0.25, 0.3) is 0 Å². The number of nitriles is 1. The topological polar surface area (TPSA) is 38.0 Å². The number of fused-ring (bicyclic) bond motifs is 6. The second-order valence-corrected chi connectivity index (χ2v) is 19.0. The van der Waals surface area contributed by atoms with Gasteiger partial charge in [-0.3, -0.25) is 0 Å². The fraction of sp³-hybridized carbons (Fsp3) is 0.0606. The third-order valence-corrected chi connectivity index (χ3v) is 14.6. The monoisotopic (exact) mass is 1000 g/mol. The Labute approximate surface area is 433 Å². The summed E-state index contributed by atoms with van der Waals surface area (Å²) in [7, 11) is 0. The molecule has 76 heavy (non-hydrogen) atoms. The first kappa shape index (κ1) is 47.4. The lowest BCUT2D eigenvalue weighted by Gasteiger charge is -2.16. The van der Waals surface area contributed by atoms with Gasteiger partial charge in [-0.15, -0.1) is 0 Å². The van der Waals surface area contributed by atoms with Crippen molar-refractivity contribution in [2.24, 2.45) is 0 Å². The minimum atomic E-state index is -4.58. The zero-order valence-corrected chi connectivity index (χ0v) is 40.7. The lowest BCUT2D eigenvalue weighted by Crippen LogP contribution is -2.06. The van der Waals surface area contributed by atoms with Gasteiger partial charge >= 0.3 is 12.4 Å². The van der Waals surface area contributed by atoms with E-state index < -0.39 is 23.5 Å². The van der Waals surface area contributed by atoms with Crippen molar-refractivity contribution in [1.82, 2.24) is 9.13 Å². The summed E-state index contributed by atoms with van der Waals surface area (Å²) in [6, 6.07) is 63.2. The summed E-state index contributed by atoms with van der Waals surface area (Å²) < 4.78 is 90.9. The molecule has 10 heteroatoms. The first-order chi connectivity index (χ1) is 36.7. The summed E-state index contributed by atoms with van der Waals surface area (Å²) >= 11 is 0. The van der Waals surface area contributed by atoms with Crippen molar-refractivity contribution in [3.05, 3.63) is 245 Å². The van der Waals surface area contributed by atoms with Gasteiger partial charge in [0.2, 0.25) is 0 Å². The number of benzene rings is 10. The van der Waals surface area contributed by atoms with Gasteiger partial charge in [-0.25, -0.2) is 4.85 Å². The Kier molecular flexibility index (Phi) is 11.3. The maximum absolute atomic E-state index is 14.5. The Hall–Kier alpha value is -9.64. The van der Waals surface area contributed by atoms with E-state index in [1.54, 1.807) is 48.5 Å². The fourth-order valence-electron chi connectivity index (χ4n) is 11.0. The molecule has 12 rings (SSSR count). The number of halogens is 6. The van der Waals surface area contributed by atoms with Crippen LogP contribution in [0.15, 0.2) is 206 Å². The van der Waals surface area contributed by atoms with Gasteiger partial charge in [-0.05, 0) is 172 Å². The molecular weight excluding hydrogens is 963 g/mol. The van der Waals surface area contributed by atoms with Crippen LogP contribution in [0.4, 0.5) is 32.0 Å². The van der Waals surface area contributed by atoms with Gasteiger partial charge in [0.15, 0.2) is 5.69 Å². The number of nitrogens with zero attached hydrogens (tertiary/aromatic N) is 4. The molecule has 0 fully saturated rings. The molecule has 0 atom stereocenters. The summed E-state index contributed by atoms with van der Waals surface area (Å²) in [4.78, 5) is 3.95. The molecule has 0 aliphatic heterocycles. The van der Waals surface area contributed by atoms with E-state index >= 15 is 0 Å². The summed E-state index contributed by atoms with van der Waals surface area (Å²) in [6.45, 7) is 12.5. The molecule has 2 aromatic heterocycles. The average Bonchev–Trinajstić information content (AvgIpc) is 3.99. The lowest BCUT2D eigenvalue weighted by atomic mass is 9.96. The minimum absolute atomic E-state index is 0.0577. The van der Waals surface area contributed by atoms with Crippen LogP contribution in [0.25, 0.3) is 115 Å². The lowest BCUT2D eigenvalue weighted by molar-refractivity contribution is -0.137. The Bertz CT molecular complexity index is 4160. The highest BCUT2D eigenvalue weighted by Gasteiger charge is 2.35. The van der Waals surface area contributed by atoms with E-state index in [0.29, 0.717) is 50.2 Å². The van der Waals surface area contributed by atoms with Crippen molar-refractivity contribution in [3.8, 4) is 73.1 Å². The quantitative estimate of drug-likeness (QED) is 0.116. The number of hydrogen-bond acceptors (Lipinski definition) is 1. The third-order valence-electron chi connectivity index (χ3n) is 14.6. The molecule has 0 saturated carbocycles. The van der Waals surface area contributed by atoms with Crippen molar-refractivity contribution in [3.63, 3.8) is 0 Å². The Balaban J connectivity index is 1.07.